The van der Waals surface area contributed by atoms with Gasteiger partial charge in [0.15, 0.2) is 0 Å². The third-order valence-electron chi connectivity index (χ3n) is 1.86. The van der Waals surface area contributed by atoms with Crippen molar-refractivity contribution in [1.29, 1.82) is 0 Å². The number of amides is 1. The van der Waals surface area contributed by atoms with Crippen LogP contribution in [-0.4, -0.2) is 31.2 Å². The summed E-state index contributed by atoms with van der Waals surface area (Å²) in [6, 6.07) is 0. The topological polar surface area (TPSA) is 29.5 Å². The lowest BCUT2D eigenvalue weighted by Crippen LogP contribution is -2.27. The Morgan fingerprint density at radius 3 is 2.07 bits per heavy atom. The molecule has 0 radical (unpaired) electrons. The second kappa shape index (κ2) is 10.4. The molecule has 1 unspecified atom stereocenters. The van der Waals surface area contributed by atoms with Crippen molar-refractivity contribution in [3.05, 3.63) is 0 Å². The fourth-order valence-electron chi connectivity index (χ4n) is 1.23. The number of nitrogens with zero attached hydrogens (tertiary/aromatic N) is 1. The van der Waals surface area contributed by atoms with Crippen molar-refractivity contribution >= 4 is 6.09 Å². The molecule has 1 aliphatic rings. The number of likely N-dealkylation sites (tertiary alicyclic amines) is 1. The average Bonchev–Trinajstić information content (AvgIpc) is 2.69. The molecule has 0 saturated carbocycles. The number of methoxy groups -OCH3 is 1. The van der Waals surface area contributed by atoms with E-state index in [-0.39, 0.29) is 6.09 Å². The first-order chi connectivity index (χ1) is 6.74. The Morgan fingerprint density at radius 1 is 1.29 bits per heavy atom. The van der Waals surface area contributed by atoms with E-state index in [2.05, 4.69) is 11.7 Å². The molecule has 0 spiro atoms. The molecule has 1 amide bonds. The fourth-order valence-corrected chi connectivity index (χ4v) is 1.23. The van der Waals surface area contributed by atoms with E-state index in [0.29, 0.717) is 5.92 Å². The zero-order valence-corrected chi connectivity index (χ0v) is 10.5. The molecule has 14 heavy (non-hydrogen) atoms. The highest BCUT2D eigenvalue weighted by atomic mass is 16.5. The van der Waals surface area contributed by atoms with Crippen LogP contribution in [0.3, 0.4) is 0 Å². The first-order valence-corrected chi connectivity index (χ1v) is 5.57. The Balaban J connectivity index is 0. The minimum Gasteiger partial charge on any atom is -0.453 e. The summed E-state index contributed by atoms with van der Waals surface area (Å²) in [4.78, 5) is 12.6. The lowest BCUT2D eigenvalue weighted by atomic mass is 10.2. The van der Waals surface area contributed by atoms with Crippen molar-refractivity contribution < 1.29 is 9.53 Å². The third kappa shape index (κ3) is 5.84. The minimum atomic E-state index is -0.190. The number of hydrogen-bond donors (Lipinski definition) is 0. The maximum Gasteiger partial charge on any atom is 0.409 e. The molecule has 1 saturated heterocycles. The molecular formula is C11H25NO2. The maximum atomic E-state index is 10.9. The van der Waals surface area contributed by atoms with E-state index >= 15 is 0 Å². The van der Waals surface area contributed by atoms with Gasteiger partial charge in [0.05, 0.1) is 7.11 Å². The van der Waals surface area contributed by atoms with Crippen LogP contribution in [0, 0.1) is 5.92 Å². The van der Waals surface area contributed by atoms with Crippen LogP contribution in [0.2, 0.25) is 0 Å². The van der Waals surface area contributed by atoms with E-state index in [9.17, 15) is 4.79 Å². The molecule has 1 fully saturated rings. The molecule has 0 aliphatic carbocycles. The van der Waals surface area contributed by atoms with Gasteiger partial charge in [0.1, 0.15) is 0 Å². The Kier molecular flexibility index (Phi) is 11.6. The summed E-state index contributed by atoms with van der Waals surface area (Å²) in [5.41, 5.74) is 0. The number of carbonyl (C=O) groups is 1. The number of carbonyl (C=O) groups excluding carboxylic acids is 1. The average molecular weight is 203 g/mol. The van der Waals surface area contributed by atoms with Gasteiger partial charge in [-0.3, -0.25) is 0 Å². The predicted octanol–water partition coefficient (Wildman–Crippen LogP) is 3.15. The Morgan fingerprint density at radius 2 is 1.79 bits per heavy atom. The van der Waals surface area contributed by atoms with E-state index in [1.165, 1.54) is 7.11 Å². The smallest absolute Gasteiger partial charge is 0.409 e. The molecule has 0 aromatic heterocycles. The highest BCUT2D eigenvalue weighted by Crippen LogP contribution is 2.15. The number of rotatable bonds is 0. The van der Waals surface area contributed by atoms with Crippen LogP contribution in [0.15, 0.2) is 0 Å². The Labute approximate surface area is 88.4 Å². The largest absolute Gasteiger partial charge is 0.453 e. The summed E-state index contributed by atoms with van der Waals surface area (Å²) in [5.74, 6) is 0.638. The zero-order valence-electron chi connectivity index (χ0n) is 10.5. The quantitative estimate of drug-likeness (QED) is 0.605. The monoisotopic (exact) mass is 203 g/mol. The van der Waals surface area contributed by atoms with Crippen molar-refractivity contribution in [1.82, 2.24) is 4.90 Å². The Hall–Kier alpha value is -0.730. The molecule has 1 heterocycles. The molecule has 1 aliphatic heterocycles. The lowest BCUT2D eigenvalue weighted by Gasteiger charge is -2.12. The highest BCUT2D eigenvalue weighted by molar-refractivity contribution is 5.67. The van der Waals surface area contributed by atoms with Crippen LogP contribution in [0.5, 0.6) is 0 Å². The molecule has 1 atom stereocenters. The Bertz CT molecular complexity index is 137. The number of hydrogen-bond acceptors (Lipinski definition) is 2. The maximum absolute atomic E-state index is 10.9. The van der Waals surface area contributed by atoms with Crippen LogP contribution in [0.1, 0.15) is 41.0 Å². The van der Waals surface area contributed by atoms with Crippen LogP contribution < -0.4 is 0 Å². The van der Waals surface area contributed by atoms with Gasteiger partial charge in [-0.15, -0.1) is 0 Å². The molecule has 0 aromatic carbocycles. The predicted molar refractivity (Wildman–Crippen MR) is 60.5 cm³/mol. The van der Waals surface area contributed by atoms with Crippen molar-refractivity contribution in [3.8, 4) is 0 Å². The van der Waals surface area contributed by atoms with E-state index in [1.807, 2.05) is 27.7 Å². The van der Waals surface area contributed by atoms with Gasteiger partial charge in [0.2, 0.25) is 0 Å². The molecular weight excluding hydrogens is 178 g/mol. The summed E-state index contributed by atoms with van der Waals surface area (Å²) >= 11 is 0. The van der Waals surface area contributed by atoms with Crippen molar-refractivity contribution in [2.24, 2.45) is 5.92 Å². The van der Waals surface area contributed by atoms with Gasteiger partial charge in [-0.2, -0.15) is 0 Å². The normalized spacial score (nSPS) is 18.7. The summed E-state index contributed by atoms with van der Waals surface area (Å²) in [5, 5.41) is 0. The van der Waals surface area contributed by atoms with Gasteiger partial charge in [-0.1, -0.05) is 34.6 Å². The summed E-state index contributed by atoms with van der Waals surface area (Å²) < 4.78 is 4.57. The van der Waals surface area contributed by atoms with Crippen molar-refractivity contribution in [2.45, 2.75) is 41.0 Å². The van der Waals surface area contributed by atoms with Crippen molar-refractivity contribution in [2.75, 3.05) is 20.2 Å². The molecule has 0 N–H and O–H groups in total. The lowest BCUT2D eigenvalue weighted by molar-refractivity contribution is 0.132. The van der Waals surface area contributed by atoms with E-state index in [1.54, 1.807) is 4.90 Å². The fraction of sp³-hybridized carbons (Fsp3) is 0.909. The first kappa shape index (κ1) is 15.7. The minimum absolute atomic E-state index is 0.190. The summed E-state index contributed by atoms with van der Waals surface area (Å²) in [6.45, 7) is 11.9. The van der Waals surface area contributed by atoms with E-state index < -0.39 is 0 Å². The molecule has 86 valence electrons. The second-order valence-electron chi connectivity index (χ2n) is 2.81. The molecule has 3 heteroatoms. The van der Waals surface area contributed by atoms with Crippen LogP contribution >= 0.6 is 0 Å². The molecule has 1 rings (SSSR count). The van der Waals surface area contributed by atoms with Crippen LogP contribution in [-0.2, 0) is 4.74 Å². The summed E-state index contributed by atoms with van der Waals surface area (Å²) in [7, 11) is 1.42. The first-order valence-electron chi connectivity index (χ1n) is 5.57. The second-order valence-corrected chi connectivity index (χ2v) is 2.81. The van der Waals surface area contributed by atoms with Gasteiger partial charge in [-0.25, -0.2) is 4.79 Å². The van der Waals surface area contributed by atoms with Gasteiger partial charge < -0.3 is 9.64 Å². The molecule has 0 aromatic rings. The standard InChI is InChI=1S/C7H13NO2.2C2H6/c1-6-3-4-8(5-6)7(9)10-2;2*1-2/h6H,3-5H2,1-2H3;2*1-2H3. The van der Waals surface area contributed by atoms with Gasteiger partial charge in [0, 0.05) is 13.1 Å². The van der Waals surface area contributed by atoms with Crippen molar-refractivity contribution in [3.63, 3.8) is 0 Å². The molecule has 0 bridgehead atoms. The zero-order chi connectivity index (χ0) is 11.6. The van der Waals surface area contributed by atoms with E-state index in [4.69, 9.17) is 0 Å². The van der Waals surface area contributed by atoms with Gasteiger partial charge in [0.25, 0.3) is 0 Å². The number of ether oxygens (including phenoxy) is 1. The van der Waals surface area contributed by atoms with Gasteiger partial charge >= 0.3 is 6.09 Å². The third-order valence-corrected chi connectivity index (χ3v) is 1.86. The van der Waals surface area contributed by atoms with Gasteiger partial charge in [-0.05, 0) is 12.3 Å². The van der Waals surface area contributed by atoms with E-state index in [0.717, 1.165) is 19.5 Å². The summed E-state index contributed by atoms with van der Waals surface area (Å²) in [6.07, 6.45) is 0.916. The SMILES string of the molecule is CC.CC.COC(=O)N1CCC(C)C1. The highest BCUT2D eigenvalue weighted by Gasteiger charge is 2.23. The molecule has 3 nitrogen and oxygen atoms in total. The van der Waals surface area contributed by atoms with Crippen LogP contribution in [0.4, 0.5) is 4.79 Å². The van der Waals surface area contributed by atoms with Crippen LogP contribution in [0.25, 0.3) is 0 Å².